The summed E-state index contributed by atoms with van der Waals surface area (Å²) in [5, 5.41) is 6.41. The molecule has 1 aliphatic heterocycles. The van der Waals surface area contributed by atoms with Gasteiger partial charge in [-0.05, 0) is 54.4 Å². The smallest absolute Gasteiger partial charge is 0.259 e. The zero-order chi connectivity index (χ0) is 22.7. The predicted molar refractivity (Wildman–Crippen MR) is 123 cm³/mol. The van der Waals surface area contributed by atoms with Crippen LogP contribution < -0.4 is 20.1 Å². The second-order valence-electron chi connectivity index (χ2n) is 7.44. The number of rotatable bonds is 6. The molecule has 4 rings (SSSR count). The lowest BCUT2D eigenvalue weighted by Crippen LogP contribution is -2.54. The molecular weight excluding hydrogens is 450 g/mol. The number of halogens is 1. The number of carbonyl (C=O) groups is 1. The molecule has 7 nitrogen and oxygen atoms in total. The van der Waals surface area contributed by atoms with Crippen molar-refractivity contribution in [1.29, 1.82) is 0 Å². The SMILES string of the molecule is Cc1ccc2c(c1)NC(C(=O)NC(COc1ccccc1)c1ccc(Cl)cc1)NS2(=O)=O. The summed E-state index contributed by atoms with van der Waals surface area (Å²) in [6.45, 7) is 2.00. The second-order valence-corrected chi connectivity index (χ2v) is 9.55. The first-order valence-electron chi connectivity index (χ1n) is 9.95. The molecule has 32 heavy (non-hydrogen) atoms. The van der Waals surface area contributed by atoms with E-state index in [1.54, 1.807) is 36.4 Å². The first-order chi connectivity index (χ1) is 15.3. The van der Waals surface area contributed by atoms with E-state index in [0.29, 0.717) is 16.5 Å². The topological polar surface area (TPSA) is 96.5 Å². The Morgan fingerprint density at radius 2 is 1.81 bits per heavy atom. The number of hydrogen-bond donors (Lipinski definition) is 3. The summed E-state index contributed by atoms with van der Waals surface area (Å²) in [5.41, 5.74) is 2.03. The number of aryl methyl sites for hydroxylation is 1. The summed E-state index contributed by atoms with van der Waals surface area (Å²) in [5.74, 6) is 0.124. The molecule has 1 aliphatic rings. The van der Waals surface area contributed by atoms with Crippen molar-refractivity contribution in [2.75, 3.05) is 11.9 Å². The second kappa shape index (κ2) is 9.20. The zero-order valence-electron chi connectivity index (χ0n) is 17.2. The van der Waals surface area contributed by atoms with Crippen LogP contribution in [0.4, 0.5) is 5.69 Å². The third-order valence-electron chi connectivity index (χ3n) is 5.01. The molecule has 0 fully saturated rings. The normalized spacial score (nSPS) is 17.5. The van der Waals surface area contributed by atoms with Gasteiger partial charge < -0.3 is 15.4 Å². The van der Waals surface area contributed by atoms with Crippen LogP contribution >= 0.6 is 11.6 Å². The Hall–Kier alpha value is -3.07. The third-order valence-corrected chi connectivity index (χ3v) is 6.74. The first kappa shape index (κ1) is 22.1. The highest BCUT2D eigenvalue weighted by Crippen LogP contribution is 2.27. The van der Waals surface area contributed by atoms with Gasteiger partial charge in [-0.2, -0.15) is 4.72 Å². The van der Waals surface area contributed by atoms with Crippen molar-refractivity contribution in [3.05, 3.63) is 88.9 Å². The van der Waals surface area contributed by atoms with Crippen molar-refractivity contribution in [3.63, 3.8) is 0 Å². The van der Waals surface area contributed by atoms with Gasteiger partial charge in [-0.25, -0.2) is 8.42 Å². The van der Waals surface area contributed by atoms with Crippen LogP contribution in [0.25, 0.3) is 0 Å². The van der Waals surface area contributed by atoms with Crippen molar-refractivity contribution < 1.29 is 17.9 Å². The molecule has 0 bridgehead atoms. The molecule has 9 heteroatoms. The largest absolute Gasteiger partial charge is 0.491 e. The molecule has 0 aromatic heterocycles. The quantitative estimate of drug-likeness (QED) is 0.510. The number of benzene rings is 3. The van der Waals surface area contributed by atoms with Crippen molar-refractivity contribution in [2.45, 2.75) is 24.0 Å². The van der Waals surface area contributed by atoms with E-state index < -0.39 is 28.1 Å². The van der Waals surface area contributed by atoms with Crippen molar-refractivity contribution >= 4 is 33.2 Å². The van der Waals surface area contributed by atoms with Crippen LogP contribution in [0.3, 0.4) is 0 Å². The van der Waals surface area contributed by atoms with Crippen LogP contribution in [0, 0.1) is 6.92 Å². The van der Waals surface area contributed by atoms with Crippen molar-refractivity contribution in [2.24, 2.45) is 0 Å². The number of ether oxygens (including phenoxy) is 1. The lowest BCUT2D eigenvalue weighted by molar-refractivity contribution is -0.123. The fourth-order valence-corrected chi connectivity index (χ4v) is 4.77. The van der Waals surface area contributed by atoms with Crippen LogP contribution in [0.1, 0.15) is 17.2 Å². The fraction of sp³-hybridized carbons (Fsp3) is 0.174. The van der Waals surface area contributed by atoms with Gasteiger partial charge in [0.2, 0.25) is 10.0 Å². The van der Waals surface area contributed by atoms with Crippen LogP contribution in [0.5, 0.6) is 5.75 Å². The van der Waals surface area contributed by atoms with E-state index in [1.165, 1.54) is 6.07 Å². The maximum atomic E-state index is 13.1. The highest BCUT2D eigenvalue weighted by atomic mass is 35.5. The molecule has 3 N–H and O–H groups in total. The average Bonchev–Trinajstić information content (AvgIpc) is 2.77. The summed E-state index contributed by atoms with van der Waals surface area (Å²) in [4.78, 5) is 13.2. The van der Waals surface area contributed by atoms with Gasteiger partial charge in [-0.3, -0.25) is 4.79 Å². The monoisotopic (exact) mass is 471 g/mol. The van der Waals surface area contributed by atoms with Gasteiger partial charge >= 0.3 is 0 Å². The van der Waals surface area contributed by atoms with Gasteiger partial charge in [0.15, 0.2) is 6.17 Å². The highest BCUT2D eigenvalue weighted by molar-refractivity contribution is 7.89. The Balaban J connectivity index is 1.54. The maximum Gasteiger partial charge on any atom is 0.259 e. The van der Waals surface area contributed by atoms with Gasteiger partial charge in [-0.15, -0.1) is 0 Å². The highest BCUT2D eigenvalue weighted by Gasteiger charge is 2.34. The summed E-state index contributed by atoms with van der Waals surface area (Å²) in [7, 11) is -3.84. The maximum absolute atomic E-state index is 13.1. The van der Waals surface area contributed by atoms with E-state index in [2.05, 4.69) is 15.4 Å². The molecular formula is C23H22ClN3O4S. The Kier molecular flexibility index (Phi) is 6.36. The lowest BCUT2D eigenvalue weighted by atomic mass is 10.1. The van der Waals surface area contributed by atoms with E-state index in [9.17, 15) is 13.2 Å². The average molecular weight is 472 g/mol. The number of anilines is 1. The summed E-state index contributed by atoms with van der Waals surface area (Å²) < 4.78 is 33.5. The number of carbonyl (C=O) groups excluding carboxylic acids is 1. The van der Waals surface area contributed by atoms with Crippen molar-refractivity contribution in [3.8, 4) is 5.75 Å². The standard InChI is InChI=1S/C23H22ClN3O4S/c1-15-7-12-21-19(13-15)25-22(27-32(21,29)30)23(28)26-20(16-8-10-17(24)11-9-16)14-31-18-5-3-2-4-6-18/h2-13,20,22,25,27H,14H2,1H3,(H,26,28). The van der Waals surface area contributed by atoms with E-state index >= 15 is 0 Å². The number of hydrogen-bond acceptors (Lipinski definition) is 5. The molecule has 3 aromatic rings. The molecule has 0 saturated heterocycles. The number of amides is 1. The first-order valence-corrected chi connectivity index (χ1v) is 11.8. The molecule has 3 aromatic carbocycles. The zero-order valence-corrected chi connectivity index (χ0v) is 18.8. The molecule has 1 amide bonds. The minimum atomic E-state index is -3.84. The van der Waals surface area contributed by atoms with Gasteiger partial charge in [0.25, 0.3) is 5.91 Å². The van der Waals surface area contributed by atoms with Crippen LogP contribution in [-0.4, -0.2) is 27.1 Å². The third kappa shape index (κ3) is 5.04. The Morgan fingerprint density at radius 1 is 1.09 bits per heavy atom. The summed E-state index contributed by atoms with van der Waals surface area (Å²) >= 11 is 6.00. The number of para-hydroxylation sites is 1. The number of sulfonamides is 1. The minimum Gasteiger partial charge on any atom is -0.491 e. The molecule has 0 radical (unpaired) electrons. The molecule has 2 unspecified atom stereocenters. The Morgan fingerprint density at radius 3 is 2.53 bits per heavy atom. The lowest BCUT2D eigenvalue weighted by Gasteiger charge is -2.29. The molecule has 0 spiro atoms. The molecule has 0 saturated carbocycles. The van der Waals surface area contributed by atoms with Gasteiger partial charge in [0, 0.05) is 5.02 Å². The fourth-order valence-electron chi connectivity index (χ4n) is 3.38. The van der Waals surface area contributed by atoms with Crippen LogP contribution in [0.2, 0.25) is 5.02 Å². The summed E-state index contributed by atoms with van der Waals surface area (Å²) in [6, 6.07) is 20.6. The molecule has 2 atom stereocenters. The predicted octanol–water partition coefficient (Wildman–Crippen LogP) is 3.61. The van der Waals surface area contributed by atoms with Crippen molar-refractivity contribution in [1.82, 2.24) is 10.0 Å². The van der Waals surface area contributed by atoms with E-state index in [1.807, 2.05) is 37.3 Å². The van der Waals surface area contributed by atoms with Gasteiger partial charge in [0.1, 0.15) is 17.3 Å². The number of nitrogens with one attached hydrogen (secondary N) is 3. The molecule has 166 valence electrons. The summed E-state index contributed by atoms with van der Waals surface area (Å²) in [6.07, 6.45) is -1.17. The number of fused-ring (bicyclic) bond motifs is 1. The Bertz CT molecular complexity index is 1220. The molecule has 0 aliphatic carbocycles. The van der Waals surface area contributed by atoms with Gasteiger partial charge in [0.05, 0.1) is 11.7 Å². The van der Waals surface area contributed by atoms with E-state index in [-0.39, 0.29) is 11.5 Å². The Labute approximate surface area is 191 Å². The van der Waals surface area contributed by atoms with Crippen LogP contribution in [0.15, 0.2) is 77.7 Å². The van der Waals surface area contributed by atoms with E-state index in [4.69, 9.17) is 16.3 Å². The van der Waals surface area contributed by atoms with Crippen LogP contribution in [-0.2, 0) is 14.8 Å². The molecule has 1 heterocycles. The minimum absolute atomic E-state index is 0.105. The van der Waals surface area contributed by atoms with Gasteiger partial charge in [-0.1, -0.05) is 48.0 Å². The van der Waals surface area contributed by atoms with E-state index in [0.717, 1.165) is 11.1 Å².